The highest BCUT2D eigenvalue weighted by Gasteiger charge is 2.14. The summed E-state index contributed by atoms with van der Waals surface area (Å²) in [7, 11) is 3.19. The molecule has 0 bridgehead atoms. The maximum atomic E-state index is 12.3. The molecular formula is C17H20N2O3. The predicted octanol–water partition coefficient (Wildman–Crippen LogP) is 2.30. The van der Waals surface area contributed by atoms with Gasteiger partial charge in [-0.2, -0.15) is 0 Å². The molecule has 0 aliphatic rings. The Kier molecular flexibility index (Phi) is 4.88. The number of phenolic OH excluding ortho intramolecular Hbond substituents is 1. The Bertz CT molecular complexity index is 671. The van der Waals surface area contributed by atoms with Gasteiger partial charge in [-0.15, -0.1) is 0 Å². The number of aromatic hydroxyl groups is 1. The van der Waals surface area contributed by atoms with Gasteiger partial charge in [0.2, 0.25) is 0 Å². The largest absolute Gasteiger partial charge is 0.504 e. The van der Waals surface area contributed by atoms with E-state index in [1.165, 1.54) is 13.2 Å². The second-order valence-corrected chi connectivity index (χ2v) is 5.06. The topological polar surface area (TPSA) is 75.8 Å². The Morgan fingerprint density at radius 1 is 1.27 bits per heavy atom. The van der Waals surface area contributed by atoms with Gasteiger partial charge in [0.25, 0.3) is 5.91 Å². The summed E-state index contributed by atoms with van der Waals surface area (Å²) >= 11 is 0. The van der Waals surface area contributed by atoms with E-state index in [2.05, 4.69) is 0 Å². The van der Waals surface area contributed by atoms with Crippen LogP contribution in [0.4, 0.5) is 5.69 Å². The standard InChI is InChI=1S/C17H20N2O3/c1-19(10-9-12-5-3-4-6-14(12)18)17(21)13-7-8-16(22-2)15(20)11-13/h3-8,11,20H,9-10,18H2,1-2H3. The molecule has 2 aromatic rings. The van der Waals surface area contributed by atoms with E-state index in [9.17, 15) is 9.90 Å². The van der Waals surface area contributed by atoms with Crippen molar-refractivity contribution in [1.82, 2.24) is 4.90 Å². The molecule has 1 amide bonds. The number of rotatable bonds is 5. The molecule has 0 saturated carbocycles. The summed E-state index contributed by atoms with van der Waals surface area (Å²) < 4.78 is 4.97. The van der Waals surface area contributed by atoms with E-state index in [0.29, 0.717) is 24.3 Å². The summed E-state index contributed by atoms with van der Waals surface area (Å²) in [5.74, 6) is 0.137. The van der Waals surface area contributed by atoms with Crippen molar-refractivity contribution in [2.75, 3.05) is 26.4 Å². The Balaban J connectivity index is 2.03. The van der Waals surface area contributed by atoms with Crippen molar-refractivity contribution >= 4 is 11.6 Å². The molecule has 5 heteroatoms. The SMILES string of the molecule is COc1ccc(C(=O)N(C)CCc2ccccc2N)cc1O. The molecule has 0 spiro atoms. The fraction of sp³-hybridized carbons (Fsp3) is 0.235. The maximum Gasteiger partial charge on any atom is 0.253 e. The molecule has 0 saturated heterocycles. The van der Waals surface area contributed by atoms with Crippen molar-refractivity contribution in [1.29, 1.82) is 0 Å². The molecule has 0 unspecified atom stereocenters. The van der Waals surface area contributed by atoms with Crippen LogP contribution in [0.2, 0.25) is 0 Å². The van der Waals surface area contributed by atoms with Crippen LogP contribution in [0.5, 0.6) is 11.5 Å². The van der Waals surface area contributed by atoms with E-state index < -0.39 is 0 Å². The van der Waals surface area contributed by atoms with E-state index in [1.807, 2.05) is 24.3 Å². The molecule has 3 N–H and O–H groups in total. The molecule has 0 fully saturated rings. The number of methoxy groups -OCH3 is 1. The zero-order chi connectivity index (χ0) is 16.1. The number of nitrogens with two attached hydrogens (primary N) is 1. The first kappa shape index (κ1) is 15.7. The molecule has 0 heterocycles. The van der Waals surface area contributed by atoms with Gasteiger partial charge in [-0.1, -0.05) is 18.2 Å². The van der Waals surface area contributed by atoms with Crippen LogP contribution in [-0.4, -0.2) is 36.6 Å². The first-order valence-corrected chi connectivity index (χ1v) is 6.98. The molecule has 2 rings (SSSR count). The first-order chi connectivity index (χ1) is 10.5. The van der Waals surface area contributed by atoms with Gasteiger partial charge in [-0.25, -0.2) is 0 Å². The molecule has 0 radical (unpaired) electrons. The summed E-state index contributed by atoms with van der Waals surface area (Å²) in [5, 5.41) is 9.75. The number of benzene rings is 2. The van der Waals surface area contributed by atoms with Crippen molar-refractivity contribution in [2.24, 2.45) is 0 Å². The number of hydrogen-bond donors (Lipinski definition) is 2. The lowest BCUT2D eigenvalue weighted by Crippen LogP contribution is -2.28. The van der Waals surface area contributed by atoms with Gasteiger partial charge in [0.1, 0.15) is 0 Å². The van der Waals surface area contributed by atoms with Gasteiger partial charge < -0.3 is 20.5 Å². The number of para-hydroxylation sites is 1. The number of carbonyl (C=O) groups is 1. The average molecular weight is 300 g/mol. The van der Waals surface area contributed by atoms with Crippen LogP contribution in [0.25, 0.3) is 0 Å². The molecule has 0 atom stereocenters. The fourth-order valence-electron chi connectivity index (χ4n) is 2.19. The van der Waals surface area contributed by atoms with Gasteiger partial charge in [0, 0.05) is 24.8 Å². The van der Waals surface area contributed by atoms with E-state index in [1.54, 1.807) is 24.1 Å². The van der Waals surface area contributed by atoms with Gasteiger partial charge in [0.15, 0.2) is 11.5 Å². The third-order valence-corrected chi connectivity index (χ3v) is 3.54. The predicted molar refractivity (Wildman–Crippen MR) is 86.2 cm³/mol. The maximum absolute atomic E-state index is 12.3. The van der Waals surface area contributed by atoms with Crippen LogP contribution in [0.1, 0.15) is 15.9 Å². The molecule has 5 nitrogen and oxygen atoms in total. The highest BCUT2D eigenvalue weighted by Crippen LogP contribution is 2.26. The van der Waals surface area contributed by atoms with Crippen molar-refractivity contribution in [3.05, 3.63) is 53.6 Å². The Morgan fingerprint density at radius 2 is 2.00 bits per heavy atom. The van der Waals surface area contributed by atoms with E-state index >= 15 is 0 Å². The number of nitrogens with zero attached hydrogens (tertiary/aromatic N) is 1. The Morgan fingerprint density at radius 3 is 2.64 bits per heavy atom. The van der Waals surface area contributed by atoms with E-state index in [-0.39, 0.29) is 11.7 Å². The van der Waals surface area contributed by atoms with Gasteiger partial charge >= 0.3 is 0 Å². The first-order valence-electron chi connectivity index (χ1n) is 6.98. The second-order valence-electron chi connectivity index (χ2n) is 5.06. The van der Waals surface area contributed by atoms with Crippen molar-refractivity contribution in [3.63, 3.8) is 0 Å². The molecule has 116 valence electrons. The number of phenols is 1. The van der Waals surface area contributed by atoms with Crippen LogP contribution in [0, 0.1) is 0 Å². The number of carbonyl (C=O) groups excluding carboxylic acids is 1. The summed E-state index contributed by atoms with van der Waals surface area (Å²) in [6.45, 7) is 0.542. The molecule has 0 aliphatic heterocycles. The normalized spacial score (nSPS) is 10.3. The molecule has 22 heavy (non-hydrogen) atoms. The van der Waals surface area contributed by atoms with E-state index in [4.69, 9.17) is 10.5 Å². The van der Waals surface area contributed by atoms with E-state index in [0.717, 1.165) is 11.3 Å². The van der Waals surface area contributed by atoms with Gasteiger partial charge in [0.05, 0.1) is 7.11 Å². The number of anilines is 1. The number of likely N-dealkylation sites (N-methyl/N-ethyl adjacent to an activating group) is 1. The number of amides is 1. The quantitative estimate of drug-likeness (QED) is 0.831. The smallest absolute Gasteiger partial charge is 0.253 e. The zero-order valence-electron chi connectivity index (χ0n) is 12.7. The van der Waals surface area contributed by atoms with Crippen molar-refractivity contribution in [3.8, 4) is 11.5 Å². The highest BCUT2D eigenvalue weighted by atomic mass is 16.5. The number of nitrogen functional groups attached to an aromatic ring is 1. The van der Waals surface area contributed by atoms with Crippen LogP contribution in [0.15, 0.2) is 42.5 Å². The Hall–Kier alpha value is -2.69. The third-order valence-electron chi connectivity index (χ3n) is 3.54. The zero-order valence-corrected chi connectivity index (χ0v) is 12.7. The van der Waals surface area contributed by atoms with Gasteiger partial charge in [-0.05, 0) is 36.2 Å². The minimum Gasteiger partial charge on any atom is -0.504 e. The van der Waals surface area contributed by atoms with Crippen LogP contribution in [-0.2, 0) is 6.42 Å². The number of ether oxygens (including phenoxy) is 1. The lowest BCUT2D eigenvalue weighted by molar-refractivity contribution is 0.0796. The van der Waals surface area contributed by atoms with Crippen LogP contribution in [0.3, 0.4) is 0 Å². The molecular weight excluding hydrogens is 280 g/mol. The summed E-state index contributed by atoms with van der Waals surface area (Å²) in [6.07, 6.45) is 0.678. The lowest BCUT2D eigenvalue weighted by Gasteiger charge is -2.18. The monoisotopic (exact) mass is 300 g/mol. The molecule has 0 aromatic heterocycles. The summed E-state index contributed by atoms with van der Waals surface area (Å²) in [4.78, 5) is 14.0. The highest BCUT2D eigenvalue weighted by molar-refractivity contribution is 5.94. The third kappa shape index (κ3) is 3.49. The minimum absolute atomic E-state index is 0.0472. The Labute approximate surface area is 129 Å². The fourth-order valence-corrected chi connectivity index (χ4v) is 2.19. The van der Waals surface area contributed by atoms with Gasteiger partial charge in [-0.3, -0.25) is 4.79 Å². The number of hydrogen-bond acceptors (Lipinski definition) is 4. The molecule has 2 aromatic carbocycles. The summed E-state index contributed by atoms with van der Waals surface area (Å²) in [5.41, 5.74) is 8.05. The average Bonchev–Trinajstić information content (AvgIpc) is 2.53. The van der Waals surface area contributed by atoms with Crippen LogP contribution >= 0.6 is 0 Å². The summed E-state index contributed by atoms with van der Waals surface area (Å²) in [6, 6.07) is 12.2. The minimum atomic E-state index is -0.160. The van der Waals surface area contributed by atoms with Crippen molar-refractivity contribution < 1.29 is 14.6 Å². The molecule has 0 aliphatic carbocycles. The second kappa shape index (κ2) is 6.85. The lowest BCUT2D eigenvalue weighted by atomic mass is 10.1. The van der Waals surface area contributed by atoms with Crippen LogP contribution < -0.4 is 10.5 Å². The van der Waals surface area contributed by atoms with Crippen molar-refractivity contribution in [2.45, 2.75) is 6.42 Å².